The summed E-state index contributed by atoms with van der Waals surface area (Å²) in [7, 11) is 3.13. The quantitative estimate of drug-likeness (QED) is 0.409. The lowest BCUT2D eigenvalue weighted by molar-refractivity contribution is -0.137. The summed E-state index contributed by atoms with van der Waals surface area (Å²) in [5.74, 6) is -0.345. The third-order valence-electron chi connectivity index (χ3n) is 2.16. The molecule has 2 heterocycles. The van der Waals surface area contributed by atoms with Crippen LogP contribution in [0.4, 0.5) is 0 Å². The predicted molar refractivity (Wildman–Crippen MR) is 59.1 cm³/mol. The van der Waals surface area contributed by atoms with Crippen molar-refractivity contribution in [2.45, 2.75) is 17.4 Å². The second-order valence-electron chi connectivity index (χ2n) is 3.26. The molecule has 0 saturated carbocycles. The van der Waals surface area contributed by atoms with Gasteiger partial charge in [0.15, 0.2) is 5.78 Å². The minimum absolute atomic E-state index is 0.105. The predicted octanol–water partition coefficient (Wildman–Crippen LogP) is 0.982. The molecule has 0 N–H and O–H groups in total. The molecule has 1 fully saturated rings. The van der Waals surface area contributed by atoms with Gasteiger partial charge in [-0.25, -0.2) is 0 Å². The summed E-state index contributed by atoms with van der Waals surface area (Å²) in [5, 5.41) is 0. The molecule has 0 radical (unpaired) electrons. The van der Waals surface area contributed by atoms with Crippen molar-refractivity contribution in [1.29, 1.82) is 0 Å². The minimum atomic E-state index is -0.275. The number of hydrogen-bond donors (Lipinski definition) is 0. The van der Waals surface area contributed by atoms with E-state index in [-0.39, 0.29) is 22.2 Å². The van der Waals surface area contributed by atoms with Gasteiger partial charge in [0.2, 0.25) is 0 Å². The molecule has 0 unspecified atom stereocenters. The van der Waals surface area contributed by atoms with Crippen LogP contribution in [-0.2, 0) is 14.4 Å². The fourth-order valence-electron chi connectivity index (χ4n) is 1.32. The Balaban J connectivity index is 1.71. The highest BCUT2D eigenvalue weighted by atomic mass is 33.2. The lowest BCUT2D eigenvalue weighted by atomic mass is 10.2. The van der Waals surface area contributed by atoms with Gasteiger partial charge in [-0.1, -0.05) is 21.6 Å². The average Bonchev–Trinajstić information content (AvgIpc) is 2.99. The zero-order chi connectivity index (χ0) is 10.8. The van der Waals surface area contributed by atoms with Gasteiger partial charge in [0, 0.05) is 25.1 Å². The molecule has 80 valence electrons. The number of Topliss-reactive ketones (excluding diaryl/α,β-unsaturated/α-hetero) is 1. The summed E-state index contributed by atoms with van der Waals surface area (Å²) in [6, 6.07) is 0. The smallest absolute Gasteiger partial charge is 0.253 e. The molecule has 4 nitrogen and oxygen atoms in total. The monoisotopic (exact) mass is 243 g/mol. The maximum absolute atomic E-state index is 11.3. The van der Waals surface area contributed by atoms with Gasteiger partial charge in [-0.15, -0.1) is 0 Å². The van der Waals surface area contributed by atoms with E-state index < -0.39 is 0 Å². The van der Waals surface area contributed by atoms with Gasteiger partial charge in [-0.3, -0.25) is 19.3 Å². The molecule has 2 aliphatic rings. The lowest BCUT2D eigenvalue weighted by Gasteiger charge is -2.12. The first-order valence-corrected chi connectivity index (χ1v) is 6.84. The highest BCUT2D eigenvalue weighted by molar-refractivity contribution is 8.93. The standard InChI is InChI=1S/C9H9NO3S2/c11-6(9-14-15-9)2-1-5-10-7(12)3-4-8(10)13/h3-4,9H,1-2,5H2. The average molecular weight is 243 g/mol. The first kappa shape index (κ1) is 10.8. The van der Waals surface area contributed by atoms with Crippen molar-refractivity contribution < 1.29 is 14.4 Å². The Hall–Kier alpha value is -0.750. The number of hydrogen-bond acceptors (Lipinski definition) is 5. The lowest BCUT2D eigenvalue weighted by Crippen LogP contribution is -2.31. The molecule has 0 aliphatic carbocycles. The van der Waals surface area contributed by atoms with Crippen molar-refractivity contribution in [3.05, 3.63) is 12.2 Å². The van der Waals surface area contributed by atoms with E-state index in [1.807, 2.05) is 0 Å². The summed E-state index contributed by atoms with van der Waals surface area (Å²) in [4.78, 5) is 34.7. The Morgan fingerprint density at radius 1 is 1.27 bits per heavy atom. The SMILES string of the molecule is O=C(CCCN1C(=O)C=CC1=O)C1SS1. The molecule has 0 aromatic heterocycles. The first-order valence-electron chi connectivity index (χ1n) is 4.57. The summed E-state index contributed by atoms with van der Waals surface area (Å²) in [6.07, 6.45) is 3.53. The Labute approximate surface area is 94.8 Å². The van der Waals surface area contributed by atoms with Crippen LogP contribution in [0.1, 0.15) is 12.8 Å². The van der Waals surface area contributed by atoms with Crippen molar-refractivity contribution in [2.24, 2.45) is 0 Å². The van der Waals surface area contributed by atoms with E-state index in [4.69, 9.17) is 0 Å². The third-order valence-corrected chi connectivity index (χ3v) is 4.23. The van der Waals surface area contributed by atoms with Gasteiger partial charge >= 0.3 is 0 Å². The number of rotatable bonds is 5. The normalized spacial score (nSPS) is 20.1. The first-order chi connectivity index (χ1) is 7.18. The van der Waals surface area contributed by atoms with Crippen LogP contribution in [0.15, 0.2) is 12.2 Å². The van der Waals surface area contributed by atoms with E-state index in [2.05, 4.69) is 0 Å². The summed E-state index contributed by atoms with van der Waals surface area (Å²) in [5.41, 5.74) is 0. The van der Waals surface area contributed by atoms with Crippen LogP contribution in [0.2, 0.25) is 0 Å². The molecule has 0 spiro atoms. The van der Waals surface area contributed by atoms with Crippen molar-refractivity contribution in [1.82, 2.24) is 4.90 Å². The molecule has 2 amide bonds. The summed E-state index contributed by atoms with van der Waals surface area (Å²) in [6.45, 7) is 0.346. The molecule has 1 saturated heterocycles. The van der Waals surface area contributed by atoms with Crippen molar-refractivity contribution in [3.63, 3.8) is 0 Å². The zero-order valence-corrected chi connectivity index (χ0v) is 9.47. The number of imide groups is 1. The Bertz CT molecular complexity index is 331. The van der Waals surface area contributed by atoms with Crippen molar-refractivity contribution >= 4 is 39.2 Å². The van der Waals surface area contributed by atoms with Gasteiger partial charge in [-0.05, 0) is 6.42 Å². The maximum atomic E-state index is 11.3. The second-order valence-corrected chi connectivity index (χ2v) is 6.04. The molecule has 0 aromatic carbocycles. The molecule has 6 heteroatoms. The summed E-state index contributed by atoms with van der Waals surface area (Å²) >= 11 is 0. The van der Waals surface area contributed by atoms with Crippen LogP contribution >= 0.6 is 21.6 Å². The molecular formula is C9H9NO3S2. The Morgan fingerprint density at radius 2 is 1.87 bits per heavy atom. The van der Waals surface area contributed by atoms with E-state index >= 15 is 0 Å². The highest BCUT2D eigenvalue weighted by Gasteiger charge is 2.32. The molecule has 0 bridgehead atoms. The molecule has 0 aromatic rings. The van der Waals surface area contributed by atoms with Crippen LogP contribution in [0.5, 0.6) is 0 Å². The Kier molecular flexibility index (Phi) is 3.16. The Morgan fingerprint density at radius 3 is 2.40 bits per heavy atom. The van der Waals surface area contributed by atoms with Crippen molar-refractivity contribution in [3.8, 4) is 0 Å². The maximum Gasteiger partial charge on any atom is 0.253 e. The van der Waals surface area contributed by atoms with Gasteiger partial charge in [-0.2, -0.15) is 0 Å². The zero-order valence-electron chi connectivity index (χ0n) is 7.84. The molecule has 15 heavy (non-hydrogen) atoms. The fourth-order valence-corrected chi connectivity index (χ4v) is 2.63. The van der Waals surface area contributed by atoms with Gasteiger partial charge in [0.05, 0.1) is 0 Å². The highest BCUT2D eigenvalue weighted by Crippen LogP contribution is 2.54. The van der Waals surface area contributed by atoms with Gasteiger partial charge in [0.25, 0.3) is 11.8 Å². The summed E-state index contributed by atoms with van der Waals surface area (Å²) < 4.78 is 0.105. The van der Waals surface area contributed by atoms with Gasteiger partial charge in [0.1, 0.15) is 4.58 Å². The van der Waals surface area contributed by atoms with Crippen LogP contribution in [0.3, 0.4) is 0 Å². The van der Waals surface area contributed by atoms with Crippen LogP contribution < -0.4 is 0 Å². The van der Waals surface area contributed by atoms with E-state index in [9.17, 15) is 14.4 Å². The van der Waals surface area contributed by atoms with Crippen LogP contribution in [-0.4, -0.2) is 33.6 Å². The van der Waals surface area contributed by atoms with Crippen molar-refractivity contribution in [2.75, 3.05) is 6.54 Å². The van der Waals surface area contributed by atoms with Crippen LogP contribution in [0, 0.1) is 0 Å². The fraction of sp³-hybridized carbons (Fsp3) is 0.444. The van der Waals surface area contributed by atoms with Gasteiger partial charge < -0.3 is 0 Å². The molecule has 2 aliphatic heterocycles. The number of carbonyl (C=O) groups is 3. The largest absolute Gasteiger partial charge is 0.297 e. The van der Waals surface area contributed by atoms with E-state index in [1.54, 1.807) is 21.6 Å². The topological polar surface area (TPSA) is 54.5 Å². The molecule has 2 rings (SSSR count). The van der Waals surface area contributed by atoms with E-state index in [0.717, 1.165) is 0 Å². The van der Waals surface area contributed by atoms with Crippen LogP contribution in [0.25, 0.3) is 0 Å². The minimum Gasteiger partial charge on any atom is -0.297 e. The number of amides is 2. The van der Waals surface area contributed by atoms with E-state index in [0.29, 0.717) is 19.4 Å². The third kappa shape index (κ3) is 2.63. The molecular weight excluding hydrogens is 234 g/mol. The molecule has 0 atom stereocenters. The number of carbonyl (C=O) groups excluding carboxylic acids is 3. The van der Waals surface area contributed by atoms with E-state index in [1.165, 1.54) is 17.1 Å². The second kappa shape index (κ2) is 4.40. The number of nitrogens with zero attached hydrogens (tertiary/aromatic N) is 1. The number of ketones is 1.